The van der Waals surface area contributed by atoms with Gasteiger partial charge in [-0.15, -0.1) is 0 Å². The van der Waals surface area contributed by atoms with Gasteiger partial charge < -0.3 is 0 Å². The average molecular weight is 554 g/mol. The summed E-state index contributed by atoms with van der Waals surface area (Å²) in [7, 11) is 0. The van der Waals surface area contributed by atoms with Crippen LogP contribution in [0, 0.1) is 0 Å². The topological polar surface area (TPSA) is 25.8 Å². The van der Waals surface area contributed by atoms with Crippen LogP contribution in [0.25, 0.3) is 21.8 Å². The molecule has 0 fully saturated rings. The van der Waals surface area contributed by atoms with Crippen molar-refractivity contribution in [3.05, 3.63) is 85.2 Å². The molecule has 0 spiro atoms. The predicted octanol–water partition coefficient (Wildman–Crippen LogP) is 7.06. The summed E-state index contributed by atoms with van der Waals surface area (Å²) in [6, 6.07) is 24.2. The highest BCUT2D eigenvalue weighted by Gasteiger charge is 1.87. The molecule has 128 valence electrons. The Kier molecular flexibility index (Phi) is 9.10. The van der Waals surface area contributed by atoms with E-state index in [1.54, 1.807) is 0 Å². The summed E-state index contributed by atoms with van der Waals surface area (Å²) >= 11 is 4.79. The zero-order chi connectivity index (χ0) is 17.9. The number of aromatic nitrogens is 2. The van der Waals surface area contributed by atoms with Crippen molar-refractivity contribution in [3.8, 4) is 0 Å². The first kappa shape index (κ1) is 20.0. The smallest absolute Gasteiger partial charge is 0.0701 e. The molecule has 0 bridgehead atoms. The number of pyridine rings is 2. The predicted molar refractivity (Wildman–Crippen MR) is 126 cm³/mol. The van der Waals surface area contributed by atoms with Gasteiger partial charge in [0.15, 0.2) is 0 Å². The Bertz CT molecular complexity index is 692. The molecule has 4 heteroatoms. The number of nitrogens with zero attached hydrogens (tertiary/aromatic N) is 2. The zero-order valence-electron chi connectivity index (χ0n) is 14.0. The minimum absolute atomic E-state index is 0.824. The van der Waals surface area contributed by atoms with Gasteiger partial charge in [-0.1, -0.05) is 101 Å². The highest BCUT2D eigenvalue weighted by Crippen LogP contribution is 2.12. The molecular weight excluding hydrogens is 534 g/mol. The molecule has 2 aromatic heterocycles. The Morgan fingerprint density at radius 1 is 0.680 bits per heavy atom. The Morgan fingerprint density at radius 3 is 1.40 bits per heavy atom. The Morgan fingerprint density at radius 2 is 1.04 bits per heavy atom. The molecule has 4 aromatic rings. The average Bonchev–Trinajstić information content (AvgIpc) is 2.69. The Labute approximate surface area is 176 Å². The maximum Gasteiger partial charge on any atom is 0.0701 e. The minimum Gasteiger partial charge on any atom is -0.256 e. The number of rotatable bonds is 1. The number of para-hydroxylation sites is 2. The van der Waals surface area contributed by atoms with Gasteiger partial charge in [-0.25, -0.2) is 0 Å². The summed E-state index contributed by atoms with van der Waals surface area (Å²) in [4.78, 5) is 8.36. The van der Waals surface area contributed by atoms with Crippen LogP contribution < -0.4 is 0 Å². The van der Waals surface area contributed by atoms with Crippen LogP contribution in [0.2, 0.25) is 0 Å². The van der Waals surface area contributed by atoms with Crippen LogP contribution in [-0.4, -0.2) is 11.9 Å². The molecule has 2 heterocycles. The molecule has 0 aliphatic heterocycles. The number of fused-ring (bicyclic) bond motifs is 2. The summed E-state index contributed by atoms with van der Waals surface area (Å²) in [6.07, 6.45) is 4.89. The van der Waals surface area contributed by atoms with E-state index in [1.165, 1.54) is 17.2 Å². The highest BCUT2D eigenvalue weighted by molar-refractivity contribution is 14.2. The standard InChI is InChI=1S/2C9H7N.C3H6I2/c2*1-2-6-9-8(4-1)5-3-7-10-9;1-2-3(4)5/h2*1-7H;3H,2H2,1H3. The SMILES string of the molecule is CCC(I)I.c1ccc2ncccc2c1.c1ccc2ncccc2c1. The molecule has 0 saturated heterocycles. The minimum atomic E-state index is 0.824. The van der Waals surface area contributed by atoms with Gasteiger partial charge in [0.25, 0.3) is 0 Å². The number of alkyl halides is 2. The molecule has 0 radical (unpaired) electrons. The first-order valence-corrected chi connectivity index (χ1v) is 10.6. The van der Waals surface area contributed by atoms with E-state index in [2.05, 4.69) is 86.3 Å². The lowest BCUT2D eigenvalue weighted by Crippen LogP contribution is -1.73. The van der Waals surface area contributed by atoms with Gasteiger partial charge in [0.05, 0.1) is 13.0 Å². The molecule has 0 unspecified atom stereocenters. The van der Waals surface area contributed by atoms with Gasteiger partial charge in [0, 0.05) is 23.2 Å². The van der Waals surface area contributed by atoms with Crippen LogP contribution in [0.5, 0.6) is 0 Å². The summed E-state index contributed by atoms with van der Waals surface area (Å²) in [6.45, 7) is 2.18. The van der Waals surface area contributed by atoms with E-state index in [-0.39, 0.29) is 0 Å². The van der Waals surface area contributed by atoms with Gasteiger partial charge in [-0.05, 0) is 30.7 Å². The van der Waals surface area contributed by atoms with Gasteiger partial charge in [0.1, 0.15) is 0 Å². The first-order valence-electron chi connectivity index (χ1n) is 8.08. The molecule has 2 aromatic carbocycles. The molecule has 0 N–H and O–H groups in total. The molecule has 2 nitrogen and oxygen atoms in total. The van der Waals surface area contributed by atoms with Crippen LogP contribution in [0.1, 0.15) is 13.3 Å². The molecule has 25 heavy (non-hydrogen) atoms. The van der Waals surface area contributed by atoms with Crippen molar-refractivity contribution in [3.63, 3.8) is 0 Å². The lowest BCUT2D eigenvalue weighted by atomic mass is 10.2. The maximum atomic E-state index is 4.18. The van der Waals surface area contributed by atoms with Crippen molar-refractivity contribution >= 4 is 67.0 Å². The van der Waals surface area contributed by atoms with Crippen molar-refractivity contribution < 1.29 is 0 Å². The van der Waals surface area contributed by atoms with E-state index in [4.69, 9.17) is 0 Å². The van der Waals surface area contributed by atoms with E-state index >= 15 is 0 Å². The second kappa shape index (κ2) is 11.4. The zero-order valence-corrected chi connectivity index (χ0v) is 18.3. The highest BCUT2D eigenvalue weighted by atomic mass is 127. The van der Waals surface area contributed by atoms with Gasteiger partial charge in [-0.3, -0.25) is 9.97 Å². The van der Waals surface area contributed by atoms with Crippen molar-refractivity contribution in [1.82, 2.24) is 9.97 Å². The van der Waals surface area contributed by atoms with Crippen LogP contribution in [0.3, 0.4) is 0 Å². The first-order chi connectivity index (χ1) is 12.2. The number of hydrogen-bond donors (Lipinski definition) is 0. The number of hydrogen-bond acceptors (Lipinski definition) is 2. The number of benzene rings is 2. The lowest BCUT2D eigenvalue weighted by Gasteiger charge is -1.91. The normalized spacial score (nSPS) is 9.92. The van der Waals surface area contributed by atoms with Crippen molar-refractivity contribution in [1.29, 1.82) is 0 Å². The molecule has 0 aliphatic rings. The third-order valence-electron chi connectivity index (χ3n) is 3.33. The lowest BCUT2D eigenvalue weighted by molar-refractivity contribution is 1.11. The molecule has 4 rings (SSSR count). The fourth-order valence-electron chi connectivity index (χ4n) is 2.03. The second-order valence-electron chi connectivity index (χ2n) is 5.19. The van der Waals surface area contributed by atoms with Gasteiger partial charge >= 0.3 is 0 Å². The third-order valence-corrected chi connectivity index (χ3v) is 5.09. The van der Waals surface area contributed by atoms with E-state index < -0.39 is 0 Å². The van der Waals surface area contributed by atoms with Crippen molar-refractivity contribution in [2.75, 3.05) is 0 Å². The van der Waals surface area contributed by atoms with Crippen LogP contribution in [0.15, 0.2) is 85.2 Å². The van der Waals surface area contributed by atoms with Gasteiger partial charge in [0.2, 0.25) is 0 Å². The Hall–Kier alpha value is -1.28. The molecule has 0 saturated carbocycles. The second-order valence-corrected chi connectivity index (χ2v) is 10.6. The maximum absolute atomic E-state index is 4.18. The summed E-state index contributed by atoms with van der Waals surface area (Å²) in [5.74, 6) is 0. The van der Waals surface area contributed by atoms with Crippen molar-refractivity contribution in [2.45, 2.75) is 15.3 Å². The van der Waals surface area contributed by atoms with Gasteiger partial charge in [-0.2, -0.15) is 0 Å². The van der Waals surface area contributed by atoms with Crippen molar-refractivity contribution in [2.24, 2.45) is 0 Å². The summed E-state index contributed by atoms with van der Waals surface area (Å²) < 4.78 is 0.824. The van der Waals surface area contributed by atoms with E-state index in [1.807, 2.05) is 60.9 Å². The van der Waals surface area contributed by atoms with Crippen LogP contribution >= 0.6 is 45.2 Å². The molecule has 0 aliphatic carbocycles. The fraction of sp³-hybridized carbons (Fsp3) is 0.143. The molecule has 0 atom stereocenters. The largest absolute Gasteiger partial charge is 0.256 e. The quantitative estimate of drug-likeness (QED) is 0.186. The summed E-state index contributed by atoms with van der Waals surface area (Å²) in [5, 5.41) is 2.40. The van der Waals surface area contributed by atoms with E-state index in [0.29, 0.717) is 0 Å². The van der Waals surface area contributed by atoms with Crippen LogP contribution in [-0.2, 0) is 0 Å². The number of halogens is 2. The van der Waals surface area contributed by atoms with Crippen LogP contribution in [0.4, 0.5) is 0 Å². The molecule has 0 amide bonds. The monoisotopic (exact) mass is 554 g/mol. The third kappa shape index (κ3) is 7.23. The van der Waals surface area contributed by atoms with E-state index in [0.717, 1.165) is 13.0 Å². The van der Waals surface area contributed by atoms with E-state index in [9.17, 15) is 0 Å². The Balaban J connectivity index is 0.000000144. The fourth-order valence-corrected chi connectivity index (χ4v) is 2.03. The molecular formula is C21H20I2N2. The summed E-state index contributed by atoms with van der Waals surface area (Å²) in [5.41, 5.74) is 2.12.